The van der Waals surface area contributed by atoms with Crippen molar-refractivity contribution in [2.75, 3.05) is 41.1 Å². The highest BCUT2D eigenvalue weighted by Crippen LogP contribution is 2.37. The minimum absolute atomic E-state index is 0.0365. The van der Waals surface area contributed by atoms with E-state index in [1.165, 1.54) is 11.8 Å². The molecule has 35 heavy (non-hydrogen) atoms. The number of aromatic nitrogens is 1. The molecule has 3 aliphatic heterocycles. The van der Waals surface area contributed by atoms with Gasteiger partial charge in [-0.1, -0.05) is 12.1 Å². The number of para-hydroxylation sites is 1. The highest BCUT2D eigenvalue weighted by atomic mass is 32.2. The van der Waals surface area contributed by atoms with Crippen LogP contribution in [0.15, 0.2) is 53.4 Å². The fraction of sp³-hybridized carbons (Fsp3) is 0.320. The highest BCUT2D eigenvalue weighted by molar-refractivity contribution is 8.00. The van der Waals surface area contributed by atoms with Crippen LogP contribution >= 0.6 is 11.8 Å². The number of hydrogen-bond donors (Lipinski definition) is 2. The Morgan fingerprint density at radius 3 is 2.86 bits per heavy atom. The van der Waals surface area contributed by atoms with Gasteiger partial charge in [0.2, 0.25) is 11.8 Å². The van der Waals surface area contributed by atoms with Crippen LogP contribution in [0.4, 0.5) is 21.9 Å². The first-order valence-electron chi connectivity index (χ1n) is 11.5. The van der Waals surface area contributed by atoms with E-state index in [9.17, 15) is 9.59 Å². The molecular formula is C25H25N5O4S. The molecule has 6 rings (SSSR count). The van der Waals surface area contributed by atoms with E-state index in [0.717, 1.165) is 40.3 Å². The Bertz CT molecular complexity index is 1330. The van der Waals surface area contributed by atoms with E-state index >= 15 is 0 Å². The number of benzene rings is 2. The van der Waals surface area contributed by atoms with Gasteiger partial charge in [-0.25, -0.2) is 9.78 Å². The number of fused-ring (bicyclic) bond motifs is 2. The summed E-state index contributed by atoms with van der Waals surface area (Å²) in [7, 11) is 1.62. The largest absolute Gasteiger partial charge is 0.481 e. The first-order chi connectivity index (χ1) is 17.0. The van der Waals surface area contributed by atoms with Gasteiger partial charge in [0.15, 0.2) is 6.23 Å². The summed E-state index contributed by atoms with van der Waals surface area (Å²) in [4.78, 5) is 34.1. The number of carbonyl (C=O) groups excluding carboxylic acids is 2. The third kappa shape index (κ3) is 3.92. The van der Waals surface area contributed by atoms with E-state index < -0.39 is 12.3 Å². The van der Waals surface area contributed by atoms with Crippen molar-refractivity contribution in [3.05, 3.63) is 48.5 Å². The monoisotopic (exact) mass is 491 g/mol. The fourth-order valence-electron chi connectivity index (χ4n) is 4.80. The molecule has 2 atom stereocenters. The van der Waals surface area contributed by atoms with Crippen LogP contribution in [0.1, 0.15) is 6.92 Å². The van der Waals surface area contributed by atoms with Gasteiger partial charge in [0.05, 0.1) is 35.8 Å². The highest BCUT2D eigenvalue weighted by Gasteiger charge is 2.42. The van der Waals surface area contributed by atoms with E-state index in [2.05, 4.69) is 26.6 Å². The molecular weight excluding hydrogens is 466 g/mol. The number of anilines is 3. The van der Waals surface area contributed by atoms with Gasteiger partial charge >= 0.3 is 6.09 Å². The van der Waals surface area contributed by atoms with Crippen molar-refractivity contribution in [1.82, 2.24) is 10.3 Å². The number of cyclic esters (lactones) is 1. The Hall–Kier alpha value is -3.50. The van der Waals surface area contributed by atoms with Gasteiger partial charge in [-0.15, -0.1) is 11.8 Å². The van der Waals surface area contributed by atoms with Crippen LogP contribution in [0.25, 0.3) is 10.9 Å². The predicted octanol–water partition coefficient (Wildman–Crippen LogP) is 3.44. The Morgan fingerprint density at radius 2 is 2.03 bits per heavy atom. The van der Waals surface area contributed by atoms with Crippen LogP contribution in [-0.4, -0.2) is 61.2 Å². The van der Waals surface area contributed by atoms with Gasteiger partial charge in [-0.05, 0) is 37.3 Å². The number of pyridine rings is 1. The molecule has 0 radical (unpaired) electrons. The molecule has 4 heterocycles. The molecule has 0 bridgehead atoms. The molecule has 1 aromatic heterocycles. The van der Waals surface area contributed by atoms with Crippen LogP contribution in [0.3, 0.4) is 0 Å². The second-order valence-electron chi connectivity index (χ2n) is 8.90. The number of rotatable bonds is 5. The van der Waals surface area contributed by atoms with Crippen molar-refractivity contribution in [1.29, 1.82) is 0 Å². The van der Waals surface area contributed by atoms with Crippen molar-refractivity contribution in [2.45, 2.75) is 30.1 Å². The zero-order valence-corrected chi connectivity index (χ0v) is 20.2. The molecule has 3 aliphatic rings. The quantitative estimate of drug-likeness (QED) is 0.561. The van der Waals surface area contributed by atoms with E-state index in [4.69, 9.17) is 9.47 Å². The molecule has 0 saturated carbocycles. The van der Waals surface area contributed by atoms with E-state index in [1.807, 2.05) is 49.4 Å². The topological polar surface area (TPSA) is 96.0 Å². The molecule has 3 aromatic rings. The lowest BCUT2D eigenvalue weighted by Gasteiger charge is -2.42. The molecule has 2 saturated heterocycles. The van der Waals surface area contributed by atoms with Crippen LogP contribution in [0, 0.1) is 0 Å². The second-order valence-corrected chi connectivity index (χ2v) is 9.92. The molecule has 10 heteroatoms. The number of carbonyl (C=O) groups is 2. The first-order valence-corrected chi connectivity index (χ1v) is 12.5. The third-order valence-electron chi connectivity index (χ3n) is 6.65. The average Bonchev–Trinajstić information content (AvgIpc) is 3.12. The lowest BCUT2D eigenvalue weighted by Crippen LogP contribution is -2.62. The molecule has 180 valence electrons. The van der Waals surface area contributed by atoms with Crippen molar-refractivity contribution >= 4 is 51.7 Å². The minimum Gasteiger partial charge on any atom is -0.481 e. The summed E-state index contributed by atoms with van der Waals surface area (Å²) in [6.07, 6.45) is -0.827. The van der Waals surface area contributed by atoms with Gasteiger partial charge in [0, 0.05) is 41.2 Å². The number of ether oxygens (including phenoxy) is 2. The fourth-order valence-corrected chi connectivity index (χ4v) is 5.58. The van der Waals surface area contributed by atoms with Gasteiger partial charge in [-0.2, -0.15) is 0 Å². The molecule has 2 aromatic carbocycles. The number of nitrogens with zero attached hydrogens (tertiary/aromatic N) is 3. The molecule has 9 nitrogen and oxygen atoms in total. The standard InChI is InChI=1S/C25H25N5O4S/c1-14-24(34-25(32)30(14)17-7-8-20-18(10-17)27-21(31)13-35-20)26-16-11-29(12-16)19-5-3-4-15-6-9-22(33-2)28-23(15)19/h3-10,14,16,24,26H,11-13H2,1-2H3,(H,27,31)/t14-,24?/m1/s1. The van der Waals surface area contributed by atoms with E-state index in [-0.39, 0.29) is 18.0 Å². The summed E-state index contributed by atoms with van der Waals surface area (Å²) in [6, 6.07) is 15.7. The van der Waals surface area contributed by atoms with Crippen LogP contribution in [0.5, 0.6) is 5.88 Å². The number of methoxy groups -OCH3 is 1. The Labute approximate surface area is 206 Å². The zero-order chi connectivity index (χ0) is 24.1. The third-order valence-corrected chi connectivity index (χ3v) is 7.72. The first kappa shape index (κ1) is 22.0. The lowest BCUT2D eigenvalue weighted by atomic mass is 10.0. The summed E-state index contributed by atoms with van der Waals surface area (Å²) in [5, 5.41) is 7.44. The molecule has 1 unspecified atom stereocenters. The smallest absolute Gasteiger partial charge is 0.416 e. The normalized spacial score (nSPS) is 22.0. The number of nitrogens with one attached hydrogen (secondary N) is 2. The maximum absolute atomic E-state index is 12.7. The lowest BCUT2D eigenvalue weighted by molar-refractivity contribution is -0.113. The van der Waals surface area contributed by atoms with Crippen LogP contribution in [-0.2, 0) is 9.53 Å². The van der Waals surface area contributed by atoms with Crippen LogP contribution in [0.2, 0.25) is 0 Å². The van der Waals surface area contributed by atoms with Gasteiger partial charge in [0.25, 0.3) is 0 Å². The Kier molecular flexibility index (Phi) is 5.42. The number of amides is 2. The molecule has 0 aliphatic carbocycles. The molecule has 2 fully saturated rings. The van der Waals surface area contributed by atoms with Crippen molar-refractivity contribution in [3.63, 3.8) is 0 Å². The molecule has 0 spiro atoms. The van der Waals surface area contributed by atoms with Crippen LogP contribution < -0.4 is 25.2 Å². The average molecular weight is 492 g/mol. The van der Waals surface area contributed by atoms with E-state index in [0.29, 0.717) is 17.3 Å². The minimum atomic E-state index is -0.430. The van der Waals surface area contributed by atoms with Gasteiger partial charge in [0.1, 0.15) is 0 Å². The maximum Gasteiger partial charge on any atom is 0.416 e. The number of hydrogen-bond acceptors (Lipinski definition) is 8. The zero-order valence-electron chi connectivity index (χ0n) is 19.4. The summed E-state index contributed by atoms with van der Waals surface area (Å²) in [5.41, 5.74) is 3.41. The predicted molar refractivity (Wildman–Crippen MR) is 135 cm³/mol. The Balaban J connectivity index is 1.13. The Morgan fingerprint density at radius 1 is 1.17 bits per heavy atom. The SMILES string of the molecule is COc1ccc2cccc(N3CC(NC4OC(=O)N(c5ccc6c(c5)NC(=O)CS6)[C@@H]4C)C3)c2n1. The maximum atomic E-state index is 12.7. The van der Waals surface area contributed by atoms with E-state index in [1.54, 1.807) is 12.0 Å². The summed E-state index contributed by atoms with van der Waals surface area (Å²) in [6.45, 7) is 3.52. The van der Waals surface area contributed by atoms with Crippen molar-refractivity contribution < 1.29 is 19.1 Å². The molecule has 2 amide bonds. The number of thioether (sulfide) groups is 1. The van der Waals surface area contributed by atoms with Crippen molar-refractivity contribution in [2.24, 2.45) is 0 Å². The van der Waals surface area contributed by atoms with Gasteiger partial charge in [-0.3, -0.25) is 15.0 Å². The summed E-state index contributed by atoms with van der Waals surface area (Å²) in [5.74, 6) is 0.958. The summed E-state index contributed by atoms with van der Waals surface area (Å²) < 4.78 is 11.0. The van der Waals surface area contributed by atoms with Gasteiger partial charge < -0.3 is 19.7 Å². The van der Waals surface area contributed by atoms with Crippen molar-refractivity contribution in [3.8, 4) is 5.88 Å². The molecule has 2 N–H and O–H groups in total. The summed E-state index contributed by atoms with van der Waals surface area (Å²) >= 11 is 1.49. The second kappa shape index (κ2) is 8.62.